The molecule has 1 amide bonds. The van der Waals surface area contributed by atoms with Gasteiger partial charge in [0.25, 0.3) is 0 Å². The molecule has 0 aliphatic carbocycles. The number of nitrogens with one attached hydrogen (secondary N) is 1. The Morgan fingerprint density at radius 3 is 2.90 bits per heavy atom. The lowest BCUT2D eigenvalue weighted by molar-refractivity contribution is -0.138. The molecule has 0 spiro atoms. The molecule has 5 nitrogen and oxygen atoms in total. The first-order valence-electron chi connectivity index (χ1n) is 7.94. The zero-order valence-electron chi connectivity index (χ0n) is 13.3. The number of piperidine rings is 1. The number of carbonyl (C=O) groups is 1. The molecule has 21 heavy (non-hydrogen) atoms. The largest absolute Gasteiger partial charge is 0.342 e. The third kappa shape index (κ3) is 2.98. The van der Waals surface area contributed by atoms with Crippen molar-refractivity contribution in [1.82, 2.24) is 20.0 Å². The zero-order valence-corrected chi connectivity index (χ0v) is 13.3. The highest BCUT2D eigenvalue weighted by Crippen LogP contribution is 2.33. The predicted octanol–water partition coefficient (Wildman–Crippen LogP) is 1.37. The maximum absolute atomic E-state index is 12.9. The van der Waals surface area contributed by atoms with Crippen LogP contribution in [0, 0.1) is 11.3 Å². The average molecular weight is 290 g/mol. The number of hydrogen-bond acceptors (Lipinski definition) is 3. The molecular formula is C16H26N4O. The first-order chi connectivity index (χ1) is 9.96. The van der Waals surface area contributed by atoms with Gasteiger partial charge in [0.15, 0.2) is 0 Å². The second-order valence-corrected chi connectivity index (χ2v) is 7.35. The molecule has 0 saturated carbocycles. The summed E-state index contributed by atoms with van der Waals surface area (Å²) in [5.74, 6) is 0.640. The van der Waals surface area contributed by atoms with Crippen LogP contribution in [0.25, 0.3) is 0 Å². The van der Waals surface area contributed by atoms with Crippen molar-refractivity contribution in [3.8, 4) is 0 Å². The molecule has 2 fully saturated rings. The van der Waals surface area contributed by atoms with Crippen molar-refractivity contribution in [3.63, 3.8) is 0 Å². The van der Waals surface area contributed by atoms with E-state index < -0.39 is 0 Å². The fourth-order valence-corrected chi connectivity index (χ4v) is 3.77. The number of carbonyl (C=O) groups excluding carboxylic acids is 1. The van der Waals surface area contributed by atoms with Crippen LogP contribution in [0.2, 0.25) is 0 Å². The molecule has 0 radical (unpaired) electrons. The molecule has 0 bridgehead atoms. The molecule has 3 rings (SSSR count). The van der Waals surface area contributed by atoms with Gasteiger partial charge in [0.1, 0.15) is 0 Å². The van der Waals surface area contributed by atoms with Crippen molar-refractivity contribution < 1.29 is 4.79 Å². The second-order valence-electron chi connectivity index (χ2n) is 7.35. The summed E-state index contributed by atoms with van der Waals surface area (Å²) in [5, 5.41) is 7.64. The maximum Gasteiger partial charge on any atom is 0.227 e. The van der Waals surface area contributed by atoms with Crippen LogP contribution in [0.4, 0.5) is 0 Å². The van der Waals surface area contributed by atoms with Crippen molar-refractivity contribution in [2.45, 2.75) is 32.6 Å². The van der Waals surface area contributed by atoms with Crippen LogP contribution in [-0.2, 0) is 11.8 Å². The Morgan fingerprint density at radius 2 is 2.24 bits per heavy atom. The van der Waals surface area contributed by atoms with Crippen LogP contribution in [0.5, 0.6) is 0 Å². The van der Waals surface area contributed by atoms with E-state index in [1.165, 1.54) is 12.0 Å². The van der Waals surface area contributed by atoms with Crippen LogP contribution >= 0.6 is 0 Å². The van der Waals surface area contributed by atoms with Gasteiger partial charge in [0.05, 0.1) is 12.1 Å². The summed E-state index contributed by atoms with van der Waals surface area (Å²) >= 11 is 0. The van der Waals surface area contributed by atoms with Gasteiger partial charge in [-0.3, -0.25) is 9.48 Å². The van der Waals surface area contributed by atoms with Gasteiger partial charge < -0.3 is 10.2 Å². The van der Waals surface area contributed by atoms with Crippen LogP contribution < -0.4 is 5.32 Å². The Hall–Kier alpha value is -1.36. The Balaban J connectivity index is 1.74. The molecule has 1 N–H and O–H groups in total. The van der Waals surface area contributed by atoms with Gasteiger partial charge >= 0.3 is 0 Å². The first-order valence-corrected chi connectivity index (χ1v) is 7.94. The molecule has 0 aromatic carbocycles. The normalized spacial score (nSPS) is 28.8. The van der Waals surface area contributed by atoms with Gasteiger partial charge in [-0.05, 0) is 23.8 Å². The quantitative estimate of drug-likeness (QED) is 0.895. The summed E-state index contributed by atoms with van der Waals surface area (Å²) in [7, 11) is 1.93. The molecule has 1 aromatic rings. The summed E-state index contributed by atoms with van der Waals surface area (Å²) in [4.78, 5) is 15.0. The lowest BCUT2D eigenvalue weighted by Crippen LogP contribution is -2.47. The second kappa shape index (κ2) is 5.44. The van der Waals surface area contributed by atoms with Crippen LogP contribution in [-0.4, -0.2) is 46.8 Å². The van der Waals surface area contributed by atoms with Crippen molar-refractivity contribution in [3.05, 3.63) is 18.0 Å². The Kier molecular flexibility index (Phi) is 3.78. The van der Waals surface area contributed by atoms with Crippen LogP contribution in [0.15, 0.2) is 12.4 Å². The summed E-state index contributed by atoms with van der Waals surface area (Å²) in [6, 6.07) is 0. The third-order valence-electron chi connectivity index (χ3n) is 4.90. The van der Waals surface area contributed by atoms with Crippen LogP contribution in [0.1, 0.15) is 38.2 Å². The SMILES string of the molecule is Cn1cc([C@H]2CNC[C@@H]2C(=O)N2CCCC(C)(C)C2)cn1. The van der Waals surface area contributed by atoms with E-state index in [2.05, 4.69) is 29.2 Å². The highest BCUT2D eigenvalue weighted by atomic mass is 16.2. The minimum atomic E-state index is 0.0584. The van der Waals surface area contributed by atoms with E-state index >= 15 is 0 Å². The van der Waals surface area contributed by atoms with Crippen molar-refractivity contribution in [2.75, 3.05) is 26.2 Å². The molecular weight excluding hydrogens is 264 g/mol. The molecule has 116 valence electrons. The highest BCUT2D eigenvalue weighted by molar-refractivity contribution is 5.80. The highest BCUT2D eigenvalue weighted by Gasteiger charge is 2.39. The molecule has 3 heterocycles. The lowest BCUT2D eigenvalue weighted by atomic mass is 9.82. The standard InChI is InChI=1S/C16H26N4O/c1-16(2)5-4-6-20(11-16)15(21)14-9-17-8-13(14)12-7-18-19(3)10-12/h7,10,13-14,17H,4-6,8-9,11H2,1-3H3/t13-,14+/m1/s1. The monoisotopic (exact) mass is 290 g/mol. The summed E-state index contributed by atoms with van der Waals surface area (Å²) in [6.45, 7) is 7.99. The average Bonchev–Trinajstić information content (AvgIpc) is 3.04. The Bertz CT molecular complexity index is 522. The van der Waals surface area contributed by atoms with Crippen LogP contribution in [0.3, 0.4) is 0 Å². The smallest absolute Gasteiger partial charge is 0.227 e. The van der Waals surface area contributed by atoms with E-state index in [9.17, 15) is 4.79 Å². The van der Waals surface area contributed by atoms with E-state index in [-0.39, 0.29) is 17.3 Å². The fourth-order valence-electron chi connectivity index (χ4n) is 3.77. The zero-order chi connectivity index (χ0) is 15.0. The Morgan fingerprint density at radius 1 is 1.43 bits per heavy atom. The fraction of sp³-hybridized carbons (Fsp3) is 0.750. The number of rotatable bonds is 2. The van der Waals surface area contributed by atoms with E-state index in [4.69, 9.17) is 0 Å². The Labute approximate surface area is 126 Å². The van der Waals surface area contributed by atoms with Crippen molar-refractivity contribution >= 4 is 5.91 Å². The van der Waals surface area contributed by atoms with Gasteiger partial charge in [-0.25, -0.2) is 0 Å². The van der Waals surface area contributed by atoms with Gasteiger partial charge in [0.2, 0.25) is 5.91 Å². The number of likely N-dealkylation sites (tertiary alicyclic amines) is 1. The topological polar surface area (TPSA) is 50.2 Å². The van der Waals surface area contributed by atoms with E-state index in [0.29, 0.717) is 5.91 Å². The number of hydrogen-bond donors (Lipinski definition) is 1. The van der Waals surface area contributed by atoms with E-state index in [1.807, 2.05) is 24.1 Å². The molecule has 0 unspecified atom stereocenters. The minimum absolute atomic E-state index is 0.0584. The van der Waals surface area contributed by atoms with Gasteiger partial charge in [0, 0.05) is 45.3 Å². The molecule has 2 aliphatic rings. The molecule has 2 atom stereocenters. The van der Waals surface area contributed by atoms with E-state index in [0.717, 1.165) is 32.6 Å². The van der Waals surface area contributed by atoms with Gasteiger partial charge in [-0.1, -0.05) is 13.8 Å². The lowest BCUT2D eigenvalue weighted by Gasteiger charge is -2.39. The van der Waals surface area contributed by atoms with Gasteiger partial charge in [-0.15, -0.1) is 0 Å². The summed E-state index contributed by atoms with van der Waals surface area (Å²) in [6.07, 6.45) is 6.28. The van der Waals surface area contributed by atoms with Crippen molar-refractivity contribution in [2.24, 2.45) is 18.4 Å². The number of amides is 1. The molecule has 1 aromatic heterocycles. The number of aromatic nitrogens is 2. The third-order valence-corrected chi connectivity index (χ3v) is 4.90. The predicted molar refractivity (Wildman–Crippen MR) is 81.9 cm³/mol. The number of nitrogens with zero attached hydrogens (tertiary/aromatic N) is 3. The number of aryl methyl sites for hydroxylation is 1. The minimum Gasteiger partial charge on any atom is -0.342 e. The molecule has 2 saturated heterocycles. The van der Waals surface area contributed by atoms with Gasteiger partial charge in [-0.2, -0.15) is 5.10 Å². The van der Waals surface area contributed by atoms with E-state index in [1.54, 1.807) is 0 Å². The van der Waals surface area contributed by atoms with Crippen molar-refractivity contribution in [1.29, 1.82) is 0 Å². The summed E-state index contributed by atoms with van der Waals surface area (Å²) < 4.78 is 1.82. The maximum atomic E-state index is 12.9. The first kappa shape index (κ1) is 14.6. The molecule has 5 heteroatoms. The molecule has 2 aliphatic heterocycles. The summed E-state index contributed by atoms with van der Waals surface area (Å²) in [5.41, 5.74) is 1.43.